The predicted octanol–water partition coefficient (Wildman–Crippen LogP) is 4.25. The van der Waals surface area contributed by atoms with Crippen LogP contribution < -0.4 is 15.8 Å². The maximum absolute atomic E-state index is 12.5. The molecule has 0 aliphatic carbocycles. The van der Waals surface area contributed by atoms with Crippen molar-refractivity contribution in [2.45, 2.75) is 26.9 Å². The maximum Gasteiger partial charge on any atom is 0.412 e. The molecule has 0 radical (unpaired) electrons. The van der Waals surface area contributed by atoms with Gasteiger partial charge in [-0.15, -0.1) is 0 Å². The molecule has 1 amide bonds. The number of rotatable bonds is 5. The van der Waals surface area contributed by atoms with E-state index in [2.05, 4.69) is 15.5 Å². The Morgan fingerprint density at radius 2 is 1.93 bits per heavy atom. The van der Waals surface area contributed by atoms with Gasteiger partial charge in [0.15, 0.2) is 0 Å². The predicted molar refractivity (Wildman–Crippen MR) is 105 cm³/mol. The van der Waals surface area contributed by atoms with Crippen LogP contribution in [0.3, 0.4) is 0 Å². The third-order valence-corrected chi connectivity index (χ3v) is 4.31. The van der Waals surface area contributed by atoms with Gasteiger partial charge in [-0.2, -0.15) is 0 Å². The SMILES string of the molecule is COc1ccccc1[C@@H](C)OC(=O)Nc1c(C)noc1-c1ccc(N)c(C)n1. The van der Waals surface area contributed by atoms with Crippen molar-refractivity contribution in [2.24, 2.45) is 0 Å². The minimum atomic E-state index is -0.641. The highest BCUT2D eigenvalue weighted by Gasteiger charge is 2.22. The monoisotopic (exact) mass is 382 g/mol. The van der Waals surface area contributed by atoms with E-state index in [1.807, 2.05) is 24.3 Å². The zero-order chi connectivity index (χ0) is 20.3. The first-order valence-electron chi connectivity index (χ1n) is 8.71. The minimum absolute atomic E-state index is 0.336. The number of ether oxygens (including phenoxy) is 2. The molecular formula is C20H22N4O4. The molecule has 0 aliphatic heterocycles. The number of carbonyl (C=O) groups excluding carboxylic acids is 1. The number of nitrogen functional groups attached to an aromatic ring is 1. The van der Waals surface area contributed by atoms with E-state index in [1.54, 1.807) is 40.0 Å². The van der Waals surface area contributed by atoms with Crippen LogP contribution in [0, 0.1) is 13.8 Å². The molecule has 3 aromatic rings. The molecule has 0 unspecified atom stereocenters. The summed E-state index contributed by atoms with van der Waals surface area (Å²) >= 11 is 0. The molecule has 8 nitrogen and oxygen atoms in total. The highest BCUT2D eigenvalue weighted by Crippen LogP contribution is 2.32. The number of amides is 1. The smallest absolute Gasteiger partial charge is 0.412 e. The lowest BCUT2D eigenvalue weighted by atomic mass is 10.1. The molecular weight excluding hydrogens is 360 g/mol. The van der Waals surface area contributed by atoms with Gasteiger partial charge in [-0.05, 0) is 39.0 Å². The van der Waals surface area contributed by atoms with Gasteiger partial charge in [0.1, 0.15) is 28.9 Å². The maximum atomic E-state index is 12.5. The summed E-state index contributed by atoms with van der Waals surface area (Å²) in [6, 6.07) is 10.8. The Morgan fingerprint density at radius 3 is 2.64 bits per heavy atom. The van der Waals surface area contributed by atoms with Crippen molar-refractivity contribution in [1.82, 2.24) is 10.1 Å². The van der Waals surface area contributed by atoms with Crippen LogP contribution in [-0.4, -0.2) is 23.3 Å². The van der Waals surface area contributed by atoms with Gasteiger partial charge in [0.05, 0.1) is 18.5 Å². The van der Waals surface area contributed by atoms with Gasteiger partial charge >= 0.3 is 6.09 Å². The second kappa shape index (κ2) is 7.99. The number of nitrogens with one attached hydrogen (secondary N) is 1. The van der Waals surface area contributed by atoms with E-state index >= 15 is 0 Å². The Labute approximate surface area is 162 Å². The number of carbonyl (C=O) groups is 1. The van der Waals surface area contributed by atoms with Crippen LogP contribution >= 0.6 is 0 Å². The zero-order valence-corrected chi connectivity index (χ0v) is 16.1. The molecule has 0 saturated carbocycles. The molecule has 2 aromatic heterocycles. The number of aromatic nitrogens is 2. The quantitative estimate of drug-likeness (QED) is 0.678. The average Bonchev–Trinajstić information content (AvgIpc) is 3.04. The van der Waals surface area contributed by atoms with Gasteiger partial charge in [-0.25, -0.2) is 9.78 Å². The number of aryl methyl sites for hydroxylation is 2. The Hall–Kier alpha value is -3.55. The number of benzene rings is 1. The van der Waals surface area contributed by atoms with Gasteiger partial charge in [0.25, 0.3) is 0 Å². The summed E-state index contributed by atoms with van der Waals surface area (Å²) in [6.45, 7) is 5.28. The summed E-state index contributed by atoms with van der Waals surface area (Å²) in [4.78, 5) is 16.9. The first-order valence-corrected chi connectivity index (χ1v) is 8.71. The van der Waals surface area contributed by atoms with E-state index < -0.39 is 12.2 Å². The van der Waals surface area contributed by atoms with Gasteiger partial charge in [-0.3, -0.25) is 5.32 Å². The highest BCUT2D eigenvalue weighted by molar-refractivity contribution is 5.90. The first-order chi connectivity index (χ1) is 13.4. The van der Waals surface area contributed by atoms with E-state index in [-0.39, 0.29) is 0 Å². The molecule has 8 heteroatoms. The van der Waals surface area contributed by atoms with E-state index in [4.69, 9.17) is 19.7 Å². The molecule has 1 atom stereocenters. The van der Waals surface area contributed by atoms with Crippen LogP contribution in [0.2, 0.25) is 0 Å². The lowest BCUT2D eigenvalue weighted by Gasteiger charge is -2.16. The second-order valence-corrected chi connectivity index (χ2v) is 6.26. The summed E-state index contributed by atoms with van der Waals surface area (Å²) in [6.07, 6.45) is -1.16. The number of pyridine rings is 1. The van der Waals surface area contributed by atoms with Crippen molar-refractivity contribution in [3.8, 4) is 17.2 Å². The molecule has 0 saturated heterocycles. The van der Waals surface area contributed by atoms with Crippen LogP contribution in [0.1, 0.15) is 30.0 Å². The molecule has 0 spiro atoms. The number of nitrogens with zero attached hydrogens (tertiary/aromatic N) is 2. The number of anilines is 2. The van der Waals surface area contributed by atoms with Crippen molar-refractivity contribution in [3.05, 3.63) is 53.3 Å². The van der Waals surface area contributed by atoms with Gasteiger partial charge in [-0.1, -0.05) is 23.4 Å². The number of nitrogens with two attached hydrogens (primary N) is 1. The molecule has 0 aliphatic rings. The van der Waals surface area contributed by atoms with Crippen LogP contribution in [0.5, 0.6) is 5.75 Å². The molecule has 3 rings (SSSR count). The molecule has 0 fully saturated rings. The van der Waals surface area contributed by atoms with Crippen molar-refractivity contribution in [2.75, 3.05) is 18.2 Å². The number of methoxy groups -OCH3 is 1. The lowest BCUT2D eigenvalue weighted by Crippen LogP contribution is -2.17. The van der Waals surface area contributed by atoms with Crippen LogP contribution in [-0.2, 0) is 4.74 Å². The van der Waals surface area contributed by atoms with Crippen LogP contribution in [0.25, 0.3) is 11.5 Å². The van der Waals surface area contributed by atoms with Crippen LogP contribution in [0.4, 0.5) is 16.2 Å². The number of hydrogen-bond donors (Lipinski definition) is 2. The van der Waals surface area contributed by atoms with Gasteiger partial charge in [0.2, 0.25) is 5.76 Å². The fraction of sp³-hybridized carbons (Fsp3) is 0.250. The van der Waals surface area contributed by atoms with Gasteiger partial charge in [0, 0.05) is 5.56 Å². The normalized spacial score (nSPS) is 11.7. The van der Waals surface area contributed by atoms with Gasteiger partial charge < -0.3 is 19.7 Å². The number of para-hydroxylation sites is 1. The fourth-order valence-electron chi connectivity index (χ4n) is 2.75. The van der Waals surface area contributed by atoms with Crippen molar-refractivity contribution >= 4 is 17.5 Å². The van der Waals surface area contributed by atoms with E-state index in [1.165, 1.54) is 0 Å². The third kappa shape index (κ3) is 3.90. The first kappa shape index (κ1) is 19.2. The number of hydrogen-bond acceptors (Lipinski definition) is 7. The summed E-state index contributed by atoms with van der Waals surface area (Å²) < 4.78 is 16.2. The summed E-state index contributed by atoms with van der Waals surface area (Å²) in [5.74, 6) is 0.980. The molecule has 3 N–H and O–H groups in total. The largest absolute Gasteiger partial charge is 0.496 e. The minimum Gasteiger partial charge on any atom is -0.496 e. The topological polar surface area (TPSA) is 112 Å². The summed E-state index contributed by atoms with van der Waals surface area (Å²) in [7, 11) is 1.57. The molecule has 1 aromatic carbocycles. The zero-order valence-electron chi connectivity index (χ0n) is 16.1. The average molecular weight is 382 g/mol. The van der Waals surface area contributed by atoms with Crippen molar-refractivity contribution in [3.63, 3.8) is 0 Å². The summed E-state index contributed by atoms with van der Waals surface area (Å²) in [5.41, 5.74) is 9.22. The molecule has 2 heterocycles. The Balaban J connectivity index is 1.79. The molecule has 146 valence electrons. The Bertz CT molecular complexity index is 1000. The highest BCUT2D eigenvalue weighted by atomic mass is 16.6. The van der Waals surface area contributed by atoms with E-state index in [0.717, 1.165) is 5.56 Å². The van der Waals surface area contributed by atoms with E-state index in [9.17, 15) is 4.79 Å². The van der Waals surface area contributed by atoms with Crippen molar-refractivity contribution in [1.29, 1.82) is 0 Å². The second-order valence-electron chi connectivity index (χ2n) is 6.26. The van der Waals surface area contributed by atoms with Crippen molar-refractivity contribution < 1.29 is 18.8 Å². The third-order valence-electron chi connectivity index (χ3n) is 4.31. The Kier molecular flexibility index (Phi) is 5.49. The standard InChI is InChI=1S/C20H22N4O4/c1-11-15(21)9-10-16(22-11)19-18(12(2)24-28-19)23-20(25)27-13(3)14-7-5-6-8-17(14)26-4/h5-10,13H,21H2,1-4H3,(H,23,25)/t13-/m1/s1. The van der Waals surface area contributed by atoms with E-state index in [0.29, 0.717) is 40.0 Å². The fourth-order valence-corrected chi connectivity index (χ4v) is 2.75. The Morgan fingerprint density at radius 1 is 1.18 bits per heavy atom. The molecule has 0 bridgehead atoms. The lowest BCUT2D eigenvalue weighted by molar-refractivity contribution is 0.119. The van der Waals surface area contributed by atoms with Crippen LogP contribution in [0.15, 0.2) is 40.9 Å². The summed E-state index contributed by atoms with van der Waals surface area (Å²) in [5, 5.41) is 6.63. The molecule has 28 heavy (non-hydrogen) atoms.